The lowest BCUT2D eigenvalue weighted by molar-refractivity contribution is 0.0747. The largest absolute Gasteiger partial charge is 0.480 e. The molecule has 1 aromatic heterocycles. The molecule has 2 aromatic rings. The first-order valence-corrected chi connectivity index (χ1v) is 8.20. The maximum atomic E-state index is 12.9. The van der Waals surface area contributed by atoms with Gasteiger partial charge in [-0.25, -0.2) is 4.98 Å². The van der Waals surface area contributed by atoms with Gasteiger partial charge in [0.1, 0.15) is 11.6 Å². The van der Waals surface area contributed by atoms with Crippen LogP contribution in [0.15, 0.2) is 48.7 Å². The Hall–Kier alpha value is -3.13. The molecule has 0 saturated heterocycles. The van der Waals surface area contributed by atoms with Gasteiger partial charge in [-0.05, 0) is 30.2 Å². The molecule has 2 heterocycles. The van der Waals surface area contributed by atoms with Crippen LogP contribution in [0.5, 0.6) is 5.88 Å². The third-order valence-corrected chi connectivity index (χ3v) is 4.38. The van der Waals surface area contributed by atoms with Crippen LogP contribution in [0, 0.1) is 11.3 Å². The predicted molar refractivity (Wildman–Crippen MR) is 95.2 cm³/mol. The molecule has 0 aliphatic carbocycles. The van der Waals surface area contributed by atoms with Crippen LogP contribution in [0.2, 0.25) is 0 Å². The fourth-order valence-corrected chi connectivity index (χ4v) is 3.09. The molecule has 126 valence electrons. The Bertz CT molecular complexity index is 867. The quantitative estimate of drug-likeness (QED) is 0.804. The van der Waals surface area contributed by atoms with Crippen LogP contribution in [0.3, 0.4) is 0 Å². The average Bonchev–Trinajstić information content (AvgIpc) is 3.15. The third-order valence-electron chi connectivity index (χ3n) is 4.38. The van der Waals surface area contributed by atoms with Gasteiger partial charge in [0.25, 0.3) is 5.91 Å². The van der Waals surface area contributed by atoms with Crippen molar-refractivity contribution in [2.75, 3.05) is 13.7 Å². The summed E-state index contributed by atoms with van der Waals surface area (Å²) in [6.45, 7) is 2.70. The van der Waals surface area contributed by atoms with Crippen molar-refractivity contribution in [3.8, 4) is 23.1 Å². The van der Waals surface area contributed by atoms with Gasteiger partial charge in [0.05, 0.1) is 13.2 Å². The van der Waals surface area contributed by atoms with Gasteiger partial charge in [-0.1, -0.05) is 31.2 Å². The van der Waals surface area contributed by atoms with Crippen LogP contribution in [-0.2, 0) is 0 Å². The first-order chi connectivity index (χ1) is 12.2. The number of carbonyl (C=O) groups excluding carboxylic acids is 1. The Balaban J connectivity index is 1.98. The molecule has 1 aromatic carbocycles. The van der Waals surface area contributed by atoms with Gasteiger partial charge in [-0.2, -0.15) is 5.26 Å². The van der Waals surface area contributed by atoms with Gasteiger partial charge in [0, 0.05) is 23.9 Å². The second kappa shape index (κ2) is 7.18. The number of aromatic nitrogens is 1. The summed E-state index contributed by atoms with van der Waals surface area (Å²) in [5, 5.41) is 9.46. The molecular formula is C20H19N3O2. The topological polar surface area (TPSA) is 66.2 Å². The summed E-state index contributed by atoms with van der Waals surface area (Å²) in [7, 11) is 1.48. The van der Waals surface area contributed by atoms with Crippen LogP contribution in [-0.4, -0.2) is 35.5 Å². The Labute approximate surface area is 147 Å². The van der Waals surface area contributed by atoms with Crippen molar-refractivity contribution in [3.63, 3.8) is 0 Å². The van der Waals surface area contributed by atoms with E-state index >= 15 is 0 Å². The van der Waals surface area contributed by atoms with E-state index < -0.39 is 0 Å². The number of ether oxygens (including phenoxy) is 1. The van der Waals surface area contributed by atoms with Crippen molar-refractivity contribution >= 4 is 5.91 Å². The summed E-state index contributed by atoms with van der Waals surface area (Å²) in [5.74, 6) is 0.282. The average molecular weight is 333 g/mol. The summed E-state index contributed by atoms with van der Waals surface area (Å²) in [6, 6.07) is 11.4. The zero-order valence-electron chi connectivity index (χ0n) is 14.3. The number of nitriles is 1. The van der Waals surface area contributed by atoms with E-state index in [1.54, 1.807) is 18.3 Å². The zero-order chi connectivity index (χ0) is 17.8. The number of hydrogen-bond acceptors (Lipinski definition) is 4. The molecule has 0 saturated carbocycles. The molecule has 5 nitrogen and oxygen atoms in total. The lowest BCUT2D eigenvalue weighted by atomic mass is 9.99. The van der Waals surface area contributed by atoms with Crippen LogP contribution in [0.25, 0.3) is 11.1 Å². The number of hydrogen-bond donors (Lipinski definition) is 0. The molecule has 0 fully saturated rings. The molecule has 1 aliphatic rings. The van der Waals surface area contributed by atoms with Crippen molar-refractivity contribution in [1.29, 1.82) is 5.26 Å². The van der Waals surface area contributed by atoms with Crippen LogP contribution >= 0.6 is 0 Å². The number of carbonyl (C=O) groups is 1. The van der Waals surface area contributed by atoms with E-state index in [2.05, 4.69) is 24.1 Å². The van der Waals surface area contributed by atoms with Crippen molar-refractivity contribution in [3.05, 3.63) is 59.8 Å². The summed E-state index contributed by atoms with van der Waals surface area (Å²) in [4.78, 5) is 18.8. The van der Waals surface area contributed by atoms with Gasteiger partial charge in [-0.15, -0.1) is 0 Å². The summed E-state index contributed by atoms with van der Waals surface area (Å²) in [6.07, 6.45) is 6.59. The normalized spacial score (nSPS) is 15.9. The molecule has 1 atom stereocenters. The molecule has 1 unspecified atom stereocenters. The van der Waals surface area contributed by atoms with E-state index in [1.165, 1.54) is 7.11 Å². The van der Waals surface area contributed by atoms with Crippen molar-refractivity contribution < 1.29 is 9.53 Å². The van der Waals surface area contributed by atoms with Gasteiger partial charge >= 0.3 is 0 Å². The van der Waals surface area contributed by atoms with Gasteiger partial charge < -0.3 is 9.64 Å². The maximum absolute atomic E-state index is 12.9. The number of methoxy groups -OCH3 is 1. The highest BCUT2D eigenvalue weighted by Crippen LogP contribution is 2.29. The fourth-order valence-electron chi connectivity index (χ4n) is 3.09. The molecule has 0 N–H and O–H groups in total. The maximum Gasteiger partial charge on any atom is 0.254 e. The first kappa shape index (κ1) is 16.7. The highest BCUT2D eigenvalue weighted by Gasteiger charge is 2.24. The van der Waals surface area contributed by atoms with E-state index in [0.717, 1.165) is 12.0 Å². The Morgan fingerprint density at radius 2 is 2.28 bits per heavy atom. The fraction of sp³-hybridized carbons (Fsp3) is 0.250. The molecule has 1 amide bonds. The Kier molecular flexibility index (Phi) is 4.80. The number of pyridine rings is 1. The number of amides is 1. The molecule has 0 spiro atoms. The van der Waals surface area contributed by atoms with E-state index in [4.69, 9.17) is 4.74 Å². The summed E-state index contributed by atoms with van der Waals surface area (Å²) < 4.78 is 5.17. The lowest BCUT2D eigenvalue weighted by Gasteiger charge is -2.23. The minimum Gasteiger partial charge on any atom is -0.480 e. The highest BCUT2D eigenvalue weighted by atomic mass is 16.5. The molecule has 1 aliphatic heterocycles. The standard InChI is InChI=1S/C20H19N3O2/c1-3-16-8-5-11-23(16)20(24)15-7-4-6-14(12-15)17-9-10-22-19(25-2)18(17)13-21/h4-10,12,16H,3,11H2,1-2H3. The highest BCUT2D eigenvalue weighted by molar-refractivity contribution is 5.96. The number of benzene rings is 1. The summed E-state index contributed by atoms with van der Waals surface area (Å²) in [5.41, 5.74) is 2.47. The number of nitrogens with zero attached hydrogens (tertiary/aromatic N) is 3. The molecule has 5 heteroatoms. The Morgan fingerprint density at radius 1 is 1.44 bits per heavy atom. The second-order valence-electron chi connectivity index (χ2n) is 5.80. The van der Waals surface area contributed by atoms with Crippen molar-refractivity contribution in [2.45, 2.75) is 19.4 Å². The third kappa shape index (κ3) is 3.11. The van der Waals surface area contributed by atoms with Gasteiger partial charge in [0.2, 0.25) is 5.88 Å². The molecule has 3 rings (SSSR count). The second-order valence-corrected chi connectivity index (χ2v) is 5.80. The van der Waals surface area contributed by atoms with Crippen molar-refractivity contribution in [2.24, 2.45) is 0 Å². The molecular weight excluding hydrogens is 314 g/mol. The molecule has 0 radical (unpaired) electrons. The SMILES string of the molecule is CCC1C=CCN1C(=O)c1cccc(-c2ccnc(OC)c2C#N)c1. The van der Waals surface area contributed by atoms with E-state index in [9.17, 15) is 10.1 Å². The van der Waals surface area contributed by atoms with E-state index in [-0.39, 0.29) is 17.8 Å². The van der Waals surface area contributed by atoms with Crippen LogP contribution < -0.4 is 4.74 Å². The number of rotatable bonds is 4. The molecule has 25 heavy (non-hydrogen) atoms. The smallest absolute Gasteiger partial charge is 0.254 e. The first-order valence-electron chi connectivity index (χ1n) is 8.20. The van der Waals surface area contributed by atoms with E-state index in [1.807, 2.05) is 29.2 Å². The lowest BCUT2D eigenvalue weighted by Crippen LogP contribution is -2.35. The monoisotopic (exact) mass is 333 g/mol. The minimum absolute atomic E-state index is 0.00164. The van der Waals surface area contributed by atoms with Crippen LogP contribution in [0.4, 0.5) is 0 Å². The van der Waals surface area contributed by atoms with E-state index in [0.29, 0.717) is 23.2 Å². The Morgan fingerprint density at radius 3 is 3.00 bits per heavy atom. The predicted octanol–water partition coefficient (Wildman–Crippen LogP) is 3.42. The van der Waals surface area contributed by atoms with Gasteiger partial charge in [0.15, 0.2) is 0 Å². The minimum atomic E-state index is -0.00164. The van der Waals surface area contributed by atoms with Gasteiger partial charge in [-0.3, -0.25) is 4.79 Å². The van der Waals surface area contributed by atoms with Crippen molar-refractivity contribution in [1.82, 2.24) is 9.88 Å². The summed E-state index contributed by atoms with van der Waals surface area (Å²) >= 11 is 0. The van der Waals surface area contributed by atoms with Crippen LogP contribution in [0.1, 0.15) is 29.3 Å². The zero-order valence-corrected chi connectivity index (χ0v) is 14.3. The molecule has 0 bridgehead atoms.